The van der Waals surface area contributed by atoms with E-state index in [2.05, 4.69) is 4.72 Å². The van der Waals surface area contributed by atoms with Crippen LogP contribution >= 0.6 is 0 Å². The van der Waals surface area contributed by atoms with Crippen molar-refractivity contribution in [2.75, 3.05) is 26.2 Å². The molecule has 0 aliphatic carbocycles. The molecular formula is C16H25N3O5S. The number of carbonyl (C=O) groups is 1. The standard InChI is InChI=1S/C16H25N3O5S/c1-12-9-19(10-13(2)24-12)25(21,22)17-15-3-6-18(7-4-15)16(20)14-5-8-23-11-14/h5,8,11-13,15,17H,3-4,6-7,9-10H2,1-2H3. The molecule has 0 bridgehead atoms. The molecule has 140 valence electrons. The molecule has 0 spiro atoms. The average molecular weight is 371 g/mol. The lowest BCUT2D eigenvalue weighted by Crippen LogP contribution is -2.55. The van der Waals surface area contributed by atoms with Gasteiger partial charge in [-0.3, -0.25) is 4.79 Å². The minimum absolute atomic E-state index is 0.0779. The van der Waals surface area contributed by atoms with E-state index < -0.39 is 10.2 Å². The average Bonchev–Trinajstić information content (AvgIpc) is 3.08. The first kappa shape index (κ1) is 18.4. The molecule has 1 aromatic heterocycles. The molecule has 0 saturated carbocycles. The first-order chi connectivity index (χ1) is 11.8. The summed E-state index contributed by atoms with van der Waals surface area (Å²) in [7, 11) is -3.54. The van der Waals surface area contributed by atoms with Crippen LogP contribution in [-0.2, 0) is 14.9 Å². The zero-order chi connectivity index (χ0) is 18.0. The van der Waals surface area contributed by atoms with E-state index in [9.17, 15) is 13.2 Å². The summed E-state index contributed by atoms with van der Waals surface area (Å²) in [5, 5.41) is 0. The molecule has 1 N–H and O–H groups in total. The molecule has 2 fully saturated rings. The van der Waals surface area contributed by atoms with E-state index in [1.54, 1.807) is 11.0 Å². The van der Waals surface area contributed by atoms with E-state index in [-0.39, 0.29) is 24.2 Å². The molecule has 0 radical (unpaired) electrons. The monoisotopic (exact) mass is 371 g/mol. The predicted molar refractivity (Wildman–Crippen MR) is 91.3 cm³/mol. The Hall–Kier alpha value is -1.42. The summed E-state index contributed by atoms with van der Waals surface area (Å²) in [5.41, 5.74) is 0.523. The van der Waals surface area contributed by atoms with Crippen molar-refractivity contribution in [2.24, 2.45) is 0 Å². The van der Waals surface area contributed by atoms with Crippen LogP contribution in [-0.4, -0.2) is 68.0 Å². The minimum Gasteiger partial charge on any atom is -0.472 e. The number of ether oxygens (including phenoxy) is 1. The lowest BCUT2D eigenvalue weighted by atomic mass is 10.1. The van der Waals surface area contributed by atoms with Gasteiger partial charge in [0.2, 0.25) is 0 Å². The number of furan rings is 1. The van der Waals surface area contributed by atoms with Gasteiger partial charge in [0, 0.05) is 32.2 Å². The molecule has 1 amide bonds. The fraction of sp³-hybridized carbons (Fsp3) is 0.688. The summed E-state index contributed by atoms with van der Waals surface area (Å²) in [6.07, 6.45) is 3.86. The summed E-state index contributed by atoms with van der Waals surface area (Å²) in [6, 6.07) is 1.48. The van der Waals surface area contributed by atoms with Crippen molar-refractivity contribution in [3.8, 4) is 0 Å². The number of nitrogens with zero attached hydrogens (tertiary/aromatic N) is 2. The van der Waals surface area contributed by atoms with Gasteiger partial charge in [-0.2, -0.15) is 17.4 Å². The third kappa shape index (κ3) is 4.41. The van der Waals surface area contributed by atoms with Crippen LogP contribution in [0.15, 0.2) is 23.0 Å². The van der Waals surface area contributed by atoms with Crippen molar-refractivity contribution in [2.45, 2.75) is 44.9 Å². The maximum Gasteiger partial charge on any atom is 0.279 e. The summed E-state index contributed by atoms with van der Waals surface area (Å²) in [4.78, 5) is 14.0. The van der Waals surface area contributed by atoms with Crippen LogP contribution in [0.3, 0.4) is 0 Å². The number of carbonyl (C=O) groups excluding carboxylic acids is 1. The van der Waals surface area contributed by atoms with Crippen LogP contribution in [0.25, 0.3) is 0 Å². The minimum atomic E-state index is -3.54. The fourth-order valence-electron chi connectivity index (χ4n) is 3.38. The molecule has 3 heterocycles. The van der Waals surface area contributed by atoms with E-state index in [0.29, 0.717) is 44.6 Å². The second-order valence-electron chi connectivity index (χ2n) is 6.78. The van der Waals surface area contributed by atoms with Gasteiger partial charge in [-0.25, -0.2) is 0 Å². The second kappa shape index (κ2) is 7.45. The fourth-order valence-corrected chi connectivity index (χ4v) is 5.00. The Balaban J connectivity index is 1.54. The molecule has 1 aromatic rings. The molecule has 8 nitrogen and oxygen atoms in total. The molecule has 9 heteroatoms. The van der Waals surface area contributed by atoms with E-state index >= 15 is 0 Å². The molecule has 25 heavy (non-hydrogen) atoms. The lowest BCUT2D eigenvalue weighted by Gasteiger charge is -2.37. The highest BCUT2D eigenvalue weighted by Gasteiger charge is 2.33. The first-order valence-corrected chi connectivity index (χ1v) is 10.0. The molecule has 3 rings (SSSR count). The molecule has 2 saturated heterocycles. The number of nitrogens with one attached hydrogen (secondary N) is 1. The zero-order valence-electron chi connectivity index (χ0n) is 14.6. The largest absolute Gasteiger partial charge is 0.472 e. The van der Waals surface area contributed by atoms with Gasteiger partial charge in [0.1, 0.15) is 6.26 Å². The van der Waals surface area contributed by atoms with E-state index in [1.165, 1.54) is 16.8 Å². The van der Waals surface area contributed by atoms with Gasteiger partial charge in [0.25, 0.3) is 16.1 Å². The van der Waals surface area contributed by atoms with Crippen molar-refractivity contribution in [3.05, 3.63) is 24.2 Å². The van der Waals surface area contributed by atoms with Gasteiger partial charge in [-0.1, -0.05) is 0 Å². The van der Waals surface area contributed by atoms with Gasteiger partial charge in [-0.05, 0) is 32.8 Å². The molecule has 0 aromatic carbocycles. The van der Waals surface area contributed by atoms with Crippen LogP contribution in [0.2, 0.25) is 0 Å². The van der Waals surface area contributed by atoms with Gasteiger partial charge in [0.15, 0.2) is 0 Å². The third-order valence-corrected chi connectivity index (χ3v) is 6.20. The van der Waals surface area contributed by atoms with Gasteiger partial charge in [-0.15, -0.1) is 0 Å². The maximum atomic E-state index is 12.6. The number of rotatable bonds is 4. The Kier molecular flexibility index (Phi) is 5.47. The Morgan fingerprint density at radius 3 is 2.40 bits per heavy atom. The van der Waals surface area contributed by atoms with Crippen LogP contribution < -0.4 is 4.72 Å². The molecule has 2 atom stereocenters. The van der Waals surface area contributed by atoms with Crippen LogP contribution in [0.1, 0.15) is 37.0 Å². The summed E-state index contributed by atoms with van der Waals surface area (Å²) < 4.78 is 40.0. The molecule has 2 aliphatic rings. The Morgan fingerprint density at radius 1 is 1.20 bits per heavy atom. The van der Waals surface area contributed by atoms with Crippen LogP contribution in [0.4, 0.5) is 0 Å². The Morgan fingerprint density at radius 2 is 1.84 bits per heavy atom. The van der Waals surface area contributed by atoms with E-state index in [1.807, 2.05) is 13.8 Å². The van der Waals surface area contributed by atoms with Crippen molar-refractivity contribution in [3.63, 3.8) is 0 Å². The molecule has 2 unspecified atom stereocenters. The normalized spacial score (nSPS) is 26.7. The summed E-state index contributed by atoms with van der Waals surface area (Å²) in [5.74, 6) is -0.0779. The number of likely N-dealkylation sites (tertiary alicyclic amines) is 1. The number of morpholine rings is 1. The predicted octanol–water partition coefficient (Wildman–Crippen LogP) is 0.828. The highest BCUT2D eigenvalue weighted by atomic mass is 32.2. The zero-order valence-corrected chi connectivity index (χ0v) is 15.4. The van der Waals surface area contributed by atoms with Gasteiger partial charge < -0.3 is 14.1 Å². The number of piperidine rings is 1. The Labute approximate surface area is 148 Å². The summed E-state index contributed by atoms with van der Waals surface area (Å²) >= 11 is 0. The van der Waals surface area contributed by atoms with Gasteiger partial charge in [0.05, 0.1) is 24.0 Å². The smallest absolute Gasteiger partial charge is 0.279 e. The van der Waals surface area contributed by atoms with Crippen molar-refractivity contribution in [1.29, 1.82) is 0 Å². The number of amides is 1. The van der Waals surface area contributed by atoms with Crippen molar-refractivity contribution in [1.82, 2.24) is 13.9 Å². The highest BCUT2D eigenvalue weighted by molar-refractivity contribution is 7.87. The van der Waals surface area contributed by atoms with Crippen molar-refractivity contribution >= 4 is 16.1 Å². The maximum absolute atomic E-state index is 12.6. The van der Waals surface area contributed by atoms with Crippen LogP contribution in [0, 0.1) is 0 Å². The number of hydrogen-bond donors (Lipinski definition) is 1. The van der Waals surface area contributed by atoms with E-state index in [4.69, 9.17) is 9.15 Å². The van der Waals surface area contributed by atoms with E-state index in [0.717, 1.165) is 0 Å². The quantitative estimate of drug-likeness (QED) is 0.846. The number of hydrogen-bond acceptors (Lipinski definition) is 5. The Bertz CT molecular complexity index is 673. The van der Waals surface area contributed by atoms with Gasteiger partial charge >= 0.3 is 0 Å². The summed E-state index contributed by atoms with van der Waals surface area (Å²) in [6.45, 7) is 5.51. The van der Waals surface area contributed by atoms with Crippen LogP contribution in [0.5, 0.6) is 0 Å². The molecular weight excluding hydrogens is 346 g/mol. The topological polar surface area (TPSA) is 92.1 Å². The third-order valence-electron chi connectivity index (χ3n) is 4.59. The van der Waals surface area contributed by atoms with Crippen molar-refractivity contribution < 1.29 is 22.4 Å². The molecule has 2 aliphatic heterocycles. The SMILES string of the molecule is CC1CN(S(=O)(=O)NC2CCN(C(=O)c3ccoc3)CC2)CC(C)O1. The first-order valence-electron chi connectivity index (χ1n) is 8.59. The highest BCUT2D eigenvalue weighted by Crippen LogP contribution is 2.18. The lowest BCUT2D eigenvalue weighted by molar-refractivity contribution is -0.0445. The second-order valence-corrected chi connectivity index (χ2v) is 8.48.